The molecule has 0 aromatic heterocycles. The van der Waals surface area contributed by atoms with Crippen molar-refractivity contribution in [2.45, 2.75) is 39.1 Å². The summed E-state index contributed by atoms with van der Waals surface area (Å²) in [5.74, 6) is -0.393. The first-order chi connectivity index (χ1) is 15.9. The van der Waals surface area contributed by atoms with Gasteiger partial charge in [-0.15, -0.1) is 0 Å². The third kappa shape index (κ3) is 6.84. The molecule has 3 aromatic rings. The molecule has 0 saturated carbocycles. The summed E-state index contributed by atoms with van der Waals surface area (Å²) in [6.07, 6.45) is -4.95. The Hall–Kier alpha value is -3.81. The molecule has 0 aliphatic carbocycles. The van der Waals surface area contributed by atoms with E-state index >= 15 is 0 Å². The Morgan fingerprint density at radius 1 is 0.853 bits per heavy atom. The normalized spacial score (nSPS) is 11.6. The van der Waals surface area contributed by atoms with Gasteiger partial charge in [0.15, 0.2) is 0 Å². The van der Waals surface area contributed by atoms with E-state index in [0.717, 1.165) is 17.7 Å². The number of anilines is 1. The molecule has 0 spiro atoms. The van der Waals surface area contributed by atoms with Crippen molar-refractivity contribution in [1.82, 2.24) is 5.32 Å². The minimum Gasteiger partial charge on any atom is -0.444 e. The van der Waals surface area contributed by atoms with Crippen LogP contribution in [-0.2, 0) is 17.5 Å². The molecule has 34 heavy (non-hydrogen) atoms. The van der Waals surface area contributed by atoms with Crippen molar-refractivity contribution in [3.05, 3.63) is 89.5 Å². The fourth-order valence-electron chi connectivity index (χ4n) is 3.16. The van der Waals surface area contributed by atoms with E-state index in [0.29, 0.717) is 22.4 Å². The SMILES string of the molecule is CC(C)(C)OC(=O)NCc1ccc(NC(=O)c2ccccc2-c2ccc(C(F)(F)F)cc2)cc1. The first kappa shape index (κ1) is 24.8. The van der Waals surface area contributed by atoms with Gasteiger partial charge in [-0.1, -0.05) is 42.5 Å². The van der Waals surface area contributed by atoms with E-state index in [1.54, 1.807) is 69.3 Å². The van der Waals surface area contributed by atoms with E-state index in [4.69, 9.17) is 4.74 Å². The molecule has 0 heterocycles. The Bertz CT molecular complexity index is 1150. The maximum Gasteiger partial charge on any atom is 0.416 e. The van der Waals surface area contributed by atoms with E-state index in [9.17, 15) is 22.8 Å². The van der Waals surface area contributed by atoms with Crippen molar-refractivity contribution >= 4 is 17.7 Å². The topological polar surface area (TPSA) is 67.4 Å². The van der Waals surface area contributed by atoms with Gasteiger partial charge in [0, 0.05) is 17.8 Å². The van der Waals surface area contributed by atoms with Crippen LogP contribution in [0.25, 0.3) is 11.1 Å². The second-order valence-electron chi connectivity index (χ2n) is 8.63. The Morgan fingerprint density at radius 2 is 1.47 bits per heavy atom. The van der Waals surface area contributed by atoms with Gasteiger partial charge in [0.2, 0.25) is 0 Å². The molecule has 0 radical (unpaired) electrons. The second-order valence-corrected chi connectivity index (χ2v) is 8.63. The molecule has 0 bridgehead atoms. The Labute approximate surface area is 195 Å². The highest BCUT2D eigenvalue weighted by Gasteiger charge is 2.30. The number of amides is 2. The summed E-state index contributed by atoms with van der Waals surface area (Å²) in [4.78, 5) is 24.7. The average molecular weight is 470 g/mol. The van der Waals surface area contributed by atoms with E-state index in [2.05, 4.69) is 10.6 Å². The highest BCUT2D eigenvalue weighted by atomic mass is 19.4. The van der Waals surface area contributed by atoms with E-state index in [1.807, 2.05) is 0 Å². The summed E-state index contributed by atoms with van der Waals surface area (Å²) < 4.78 is 43.8. The lowest BCUT2D eigenvalue weighted by molar-refractivity contribution is -0.137. The molecule has 0 fully saturated rings. The van der Waals surface area contributed by atoms with Crippen LogP contribution in [0.3, 0.4) is 0 Å². The van der Waals surface area contributed by atoms with Gasteiger partial charge in [-0.2, -0.15) is 13.2 Å². The summed E-state index contributed by atoms with van der Waals surface area (Å²) in [6, 6.07) is 18.3. The molecule has 178 valence electrons. The number of hydrogen-bond acceptors (Lipinski definition) is 3. The lowest BCUT2D eigenvalue weighted by Gasteiger charge is -2.19. The molecule has 0 unspecified atom stereocenters. The van der Waals surface area contributed by atoms with Crippen LogP contribution in [0.15, 0.2) is 72.8 Å². The van der Waals surface area contributed by atoms with Crippen molar-refractivity contribution in [1.29, 1.82) is 0 Å². The average Bonchev–Trinajstić information content (AvgIpc) is 2.77. The summed E-state index contributed by atoms with van der Waals surface area (Å²) in [5, 5.41) is 5.46. The number of ether oxygens (including phenoxy) is 1. The Balaban J connectivity index is 1.68. The van der Waals surface area contributed by atoms with Crippen molar-refractivity contribution in [3.8, 4) is 11.1 Å². The monoisotopic (exact) mass is 470 g/mol. The summed E-state index contributed by atoms with van der Waals surface area (Å²) >= 11 is 0. The van der Waals surface area contributed by atoms with Crippen LogP contribution < -0.4 is 10.6 Å². The standard InChI is InChI=1S/C26H25F3N2O3/c1-25(2,3)34-24(33)30-16-17-8-14-20(15-9-17)31-23(32)22-7-5-4-6-21(22)18-10-12-19(13-11-18)26(27,28)29/h4-15H,16H2,1-3H3,(H,30,33)(H,31,32). The Morgan fingerprint density at radius 3 is 2.06 bits per heavy atom. The summed E-state index contributed by atoms with van der Waals surface area (Å²) in [5.41, 5.74) is 1.36. The quantitative estimate of drug-likeness (QED) is 0.439. The molecule has 2 amide bonds. The van der Waals surface area contributed by atoms with Gasteiger partial charge < -0.3 is 15.4 Å². The molecule has 0 atom stereocenters. The lowest BCUT2D eigenvalue weighted by Crippen LogP contribution is -2.32. The van der Waals surface area contributed by atoms with Gasteiger partial charge in [0.05, 0.1) is 5.56 Å². The molecule has 3 rings (SSSR count). The predicted molar refractivity (Wildman–Crippen MR) is 124 cm³/mol. The number of alkyl carbamates (subject to hydrolysis) is 1. The maximum absolute atomic E-state index is 12.9. The van der Waals surface area contributed by atoms with Gasteiger partial charge in [0.25, 0.3) is 5.91 Å². The molecule has 2 N–H and O–H groups in total. The smallest absolute Gasteiger partial charge is 0.416 e. The highest BCUT2D eigenvalue weighted by Crippen LogP contribution is 2.32. The van der Waals surface area contributed by atoms with Crippen LogP contribution in [0.4, 0.5) is 23.7 Å². The van der Waals surface area contributed by atoms with Crippen LogP contribution in [-0.4, -0.2) is 17.6 Å². The zero-order valence-electron chi connectivity index (χ0n) is 19.0. The zero-order valence-corrected chi connectivity index (χ0v) is 19.0. The largest absolute Gasteiger partial charge is 0.444 e. The number of benzene rings is 3. The molecule has 8 heteroatoms. The van der Waals surface area contributed by atoms with E-state index in [-0.39, 0.29) is 6.54 Å². The number of carbonyl (C=O) groups excluding carboxylic acids is 2. The van der Waals surface area contributed by atoms with E-state index in [1.165, 1.54) is 12.1 Å². The van der Waals surface area contributed by atoms with Gasteiger partial charge in [-0.25, -0.2) is 4.79 Å². The van der Waals surface area contributed by atoms with Gasteiger partial charge in [-0.05, 0) is 67.8 Å². The van der Waals surface area contributed by atoms with Crippen LogP contribution in [0.5, 0.6) is 0 Å². The van der Waals surface area contributed by atoms with Gasteiger partial charge in [-0.3, -0.25) is 4.79 Å². The van der Waals surface area contributed by atoms with Gasteiger partial charge in [0.1, 0.15) is 5.60 Å². The van der Waals surface area contributed by atoms with Gasteiger partial charge >= 0.3 is 12.3 Å². The number of alkyl halides is 3. The zero-order chi connectivity index (χ0) is 24.9. The Kier molecular flexibility index (Phi) is 7.29. The third-order valence-electron chi connectivity index (χ3n) is 4.74. The lowest BCUT2D eigenvalue weighted by atomic mass is 9.98. The third-order valence-corrected chi connectivity index (χ3v) is 4.74. The molecule has 0 aliphatic heterocycles. The second kappa shape index (κ2) is 9.99. The number of nitrogens with one attached hydrogen (secondary N) is 2. The highest BCUT2D eigenvalue weighted by molar-refractivity contribution is 6.08. The van der Waals surface area contributed by atoms with Crippen LogP contribution in [0.2, 0.25) is 0 Å². The number of hydrogen-bond donors (Lipinski definition) is 2. The van der Waals surface area contributed by atoms with Crippen LogP contribution in [0.1, 0.15) is 42.3 Å². The van der Waals surface area contributed by atoms with Crippen molar-refractivity contribution in [3.63, 3.8) is 0 Å². The molecule has 5 nitrogen and oxygen atoms in total. The fourth-order valence-corrected chi connectivity index (χ4v) is 3.16. The molecular formula is C26H25F3N2O3. The first-order valence-electron chi connectivity index (χ1n) is 10.6. The van der Waals surface area contributed by atoms with E-state index < -0.39 is 29.3 Å². The van der Waals surface area contributed by atoms with Crippen molar-refractivity contribution in [2.24, 2.45) is 0 Å². The molecule has 0 aliphatic rings. The summed E-state index contributed by atoms with van der Waals surface area (Å²) in [7, 11) is 0. The predicted octanol–water partition coefficient (Wildman–Crippen LogP) is 6.65. The summed E-state index contributed by atoms with van der Waals surface area (Å²) in [6.45, 7) is 5.60. The fraction of sp³-hybridized carbons (Fsp3) is 0.231. The molecule has 3 aromatic carbocycles. The van der Waals surface area contributed by atoms with Crippen LogP contribution >= 0.6 is 0 Å². The van der Waals surface area contributed by atoms with Crippen molar-refractivity contribution < 1.29 is 27.5 Å². The molecule has 0 saturated heterocycles. The maximum atomic E-state index is 12.9. The van der Waals surface area contributed by atoms with Crippen LogP contribution in [0, 0.1) is 0 Å². The van der Waals surface area contributed by atoms with Crippen molar-refractivity contribution in [2.75, 3.05) is 5.32 Å². The molecular weight excluding hydrogens is 445 g/mol. The number of carbonyl (C=O) groups is 2. The first-order valence-corrected chi connectivity index (χ1v) is 10.6. The minimum absolute atomic E-state index is 0.264. The number of rotatable bonds is 5. The number of halogens is 3. The minimum atomic E-state index is -4.43.